The first-order valence-electron chi connectivity index (χ1n) is 9.67. The highest BCUT2D eigenvalue weighted by Crippen LogP contribution is 2.34. The molecule has 0 spiro atoms. The van der Waals surface area contributed by atoms with Crippen LogP contribution >= 0.6 is 0 Å². The third kappa shape index (κ3) is 3.81. The summed E-state index contributed by atoms with van der Waals surface area (Å²) in [5.41, 5.74) is 3.31. The number of benzene rings is 1. The molecule has 0 bridgehead atoms. The van der Waals surface area contributed by atoms with E-state index in [4.69, 9.17) is 0 Å². The number of aryl methyl sites for hydroxylation is 1. The van der Waals surface area contributed by atoms with E-state index in [0.29, 0.717) is 25.9 Å². The maximum atomic E-state index is 13.2. The summed E-state index contributed by atoms with van der Waals surface area (Å²) in [6.45, 7) is 3.91. The van der Waals surface area contributed by atoms with Gasteiger partial charge in [0.05, 0.1) is 18.4 Å². The summed E-state index contributed by atoms with van der Waals surface area (Å²) in [7, 11) is 0. The lowest BCUT2D eigenvalue weighted by atomic mass is 9.73. The van der Waals surface area contributed by atoms with Gasteiger partial charge in [0.25, 0.3) is 0 Å². The average Bonchev–Trinajstić information content (AvgIpc) is 3.07. The smallest absolute Gasteiger partial charge is 0.137 e. The highest BCUT2D eigenvalue weighted by Gasteiger charge is 2.42. The Labute approximate surface area is 164 Å². The predicted octanol–water partition coefficient (Wildman–Crippen LogP) is 2.57. The Morgan fingerprint density at radius 2 is 1.96 bits per heavy atom. The second-order valence-electron chi connectivity index (χ2n) is 8.04. The molecule has 0 aliphatic carbocycles. The molecule has 5 nitrogen and oxygen atoms in total. The molecular weight excluding hydrogens is 357 g/mol. The molecule has 1 saturated heterocycles. The Bertz CT molecular complexity index is 956. The van der Waals surface area contributed by atoms with Crippen LogP contribution in [0, 0.1) is 18.2 Å². The van der Waals surface area contributed by atoms with Gasteiger partial charge in [-0.1, -0.05) is 18.2 Å². The van der Waals surface area contributed by atoms with Crippen molar-refractivity contribution in [3.05, 3.63) is 71.4 Å². The summed E-state index contributed by atoms with van der Waals surface area (Å²) in [6, 6.07) is 10.3. The molecule has 3 aromatic rings. The van der Waals surface area contributed by atoms with Gasteiger partial charge in [0.2, 0.25) is 0 Å². The van der Waals surface area contributed by atoms with Crippen LogP contribution in [0.15, 0.2) is 48.8 Å². The first-order valence-corrected chi connectivity index (χ1v) is 9.67. The molecule has 0 radical (unpaired) electrons. The van der Waals surface area contributed by atoms with E-state index in [9.17, 15) is 14.6 Å². The fourth-order valence-corrected chi connectivity index (χ4v) is 4.23. The van der Waals surface area contributed by atoms with E-state index >= 15 is 0 Å². The lowest BCUT2D eigenvalue weighted by molar-refractivity contribution is -0.0770. The van der Waals surface area contributed by atoms with Gasteiger partial charge < -0.3 is 14.6 Å². The van der Waals surface area contributed by atoms with Crippen molar-refractivity contribution in [1.82, 2.24) is 14.3 Å². The summed E-state index contributed by atoms with van der Waals surface area (Å²) in [4.78, 5) is 6.93. The maximum Gasteiger partial charge on any atom is 0.137 e. The molecule has 4 rings (SSSR count). The van der Waals surface area contributed by atoms with Crippen LogP contribution in [0.4, 0.5) is 4.39 Å². The van der Waals surface area contributed by atoms with Crippen molar-refractivity contribution in [3.8, 4) is 0 Å². The molecule has 0 unspecified atom stereocenters. The van der Waals surface area contributed by atoms with Gasteiger partial charge in [-0.25, -0.2) is 9.37 Å². The zero-order chi connectivity index (χ0) is 19.7. The third-order valence-corrected chi connectivity index (χ3v) is 5.78. The van der Waals surface area contributed by atoms with Crippen LogP contribution in [-0.4, -0.2) is 50.3 Å². The Balaban J connectivity index is 1.52. The van der Waals surface area contributed by atoms with Gasteiger partial charge in [0.1, 0.15) is 11.5 Å². The molecule has 1 aliphatic heterocycles. The van der Waals surface area contributed by atoms with E-state index in [1.165, 1.54) is 17.7 Å². The van der Waals surface area contributed by atoms with E-state index in [1.807, 2.05) is 22.7 Å². The van der Waals surface area contributed by atoms with Crippen molar-refractivity contribution < 1.29 is 14.6 Å². The standard InChI is InChI=1S/C22H26FN3O2/c1-16-2-7-21-24-19(13-26(21)11-16)12-25-9-8-20(28)22(14-25,15-27)10-17-3-5-18(23)6-4-17/h2-7,11,13,20,27-28H,8-10,12,14-15H2,1H3/t20-,22-/m0/s1. The molecule has 28 heavy (non-hydrogen) atoms. The van der Waals surface area contributed by atoms with Crippen LogP contribution in [0.1, 0.15) is 23.2 Å². The summed E-state index contributed by atoms with van der Waals surface area (Å²) < 4.78 is 15.2. The van der Waals surface area contributed by atoms with E-state index in [1.54, 1.807) is 12.1 Å². The van der Waals surface area contributed by atoms with Gasteiger partial charge in [0.15, 0.2) is 0 Å². The molecule has 2 atom stereocenters. The van der Waals surface area contributed by atoms with Gasteiger partial charge in [-0.05, 0) is 49.1 Å². The third-order valence-electron chi connectivity index (χ3n) is 5.78. The number of rotatable bonds is 5. The van der Waals surface area contributed by atoms with Gasteiger partial charge in [0, 0.05) is 37.4 Å². The number of hydrogen-bond acceptors (Lipinski definition) is 4. The minimum Gasteiger partial charge on any atom is -0.396 e. The number of piperidine rings is 1. The molecule has 0 amide bonds. The highest BCUT2D eigenvalue weighted by atomic mass is 19.1. The molecular formula is C22H26FN3O2. The molecule has 0 saturated carbocycles. The molecule has 1 aromatic carbocycles. The Kier molecular flexibility index (Phi) is 5.19. The molecule has 6 heteroatoms. The second-order valence-corrected chi connectivity index (χ2v) is 8.04. The zero-order valence-corrected chi connectivity index (χ0v) is 16.1. The van der Waals surface area contributed by atoms with Crippen LogP contribution in [-0.2, 0) is 13.0 Å². The van der Waals surface area contributed by atoms with Crippen molar-refractivity contribution in [2.24, 2.45) is 5.41 Å². The van der Waals surface area contributed by atoms with Crippen molar-refractivity contribution in [2.75, 3.05) is 19.7 Å². The zero-order valence-electron chi connectivity index (χ0n) is 16.1. The number of aliphatic hydroxyl groups is 2. The summed E-state index contributed by atoms with van der Waals surface area (Å²) >= 11 is 0. The van der Waals surface area contributed by atoms with E-state index < -0.39 is 11.5 Å². The van der Waals surface area contributed by atoms with E-state index in [0.717, 1.165) is 23.4 Å². The molecule has 2 aromatic heterocycles. The minimum absolute atomic E-state index is 0.119. The monoisotopic (exact) mass is 383 g/mol. The SMILES string of the molecule is Cc1ccc2nc(CN3CC[C@H](O)[C@@](CO)(Cc4ccc(F)cc4)C3)cn2c1. The van der Waals surface area contributed by atoms with E-state index in [2.05, 4.69) is 23.0 Å². The number of aromatic nitrogens is 2. The molecule has 1 aliphatic rings. The van der Waals surface area contributed by atoms with Gasteiger partial charge >= 0.3 is 0 Å². The topological polar surface area (TPSA) is 61.0 Å². The number of aliphatic hydroxyl groups excluding tert-OH is 2. The van der Waals surface area contributed by atoms with Crippen molar-refractivity contribution in [1.29, 1.82) is 0 Å². The number of likely N-dealkylation sites (tertiary alicyclic amines) is 1. The predicted molar refractivity (Wildman–Crippen MR) is 105 cm³/mol. The number of imidazole rings is 1. The quantitative estimate of drug-likeness (QED) is 0.711. The number of halogens is 1. The van der Waals surface area contributed by atoms with Crippen molar-refractivity contribution >= 4 is 5.65 Å². The lowest BCUT2D eigenvalue weighted by Crippen LogP contribution is -2.54. The lowest BCUT2D eigenvalue weighted by Gasteiger charge is -2.45. The number of pyridine rings is 1. The van der Waals surface area contributed by atoms with Gasteiger partial charge in [-0.15, -0.1) is 0 Å². The number of hydrogen-bond donors (Lipinski definition) is 2. The fraction of sp³-hybridized carbons (Fsp3) is 0.409. The fourth-order valence-electron chi connectivity index (χ4n) is 4.23. The van der Waals surface area contributed by atoms with Crippen LogP contribution in [0.5, 0.6) is 0 Å². The Morgan fingerprint density at radius 3 is 2.71 bits per heavy atom. The van der Waals surface area contributed by atoms with Crippen molar-refractivity contribution in [2.45, 2.75) is 32.4 Å². The largest absolute Gasteiger partial charge is 0.396 e. The van der Waals surface area contributed by atoms with Crippen LogP contribution in [0.25, 0.3) is 5.65 Å². The van der Waals surface area contributed by atoms with Crippen LogP contribution < -0.4 is 0 Å². The Hall–Kier alpha value is -2.28. The first-order chi connectivity index (χ1) is 13.5. The first kappa shape index (κ1) is 19.1. The number of nitrogens with zero attached hydrogens (tertiary/aromatic N) is 3. The Morgan fingerprint density at radius 1 is 1.18 bits per heavy atom. The highest BCUT2D eigenvalue weighted by molar-refractivity contribution is 5.41. The molecule has 2 N–H and O–H groups in total. The van der Waals surface area contributed by atoms with Gasteiger partial charge in [-0.2, -0.15) is 0 Å². The molecule has 1 fully saturated rings. The number of fused-ring (bicyclic) bond motifs is 1. The average molecular weight is 383 g/mol. The maximum absolute atomic E-state index is 13.2. The minimum atomic E-state index is -0.661. The van der Waals surface area contributed by atoms with Crippen LogP contribution in [0.3, 0.4) is 0 Å². The van der Waals surface area contributed by atoms with Crippen LogP contribution in [0.2, 0.25) is 0 Å². The molecule has 3 heterocycles. The molecule has 148 valence electrons. The summed E-state index contributed by atoms with van der Waals surface area (Å²) in [5.74, 6) is -0.283. The van der Waals surface area contributed by atoms with Crippen molar-refractivity contribution in [3.63, 3.8) is 0 Å². The second kappa shape index (κ2) is 7.62. The normalized spacial score (nSPS) is 23.4. The summed E-state index contributed by atoms with van der Waals surface area (Å²) in [6.07, 6.45) is 4.59. The van der Waals surface area contributed by atoms with E-state index in [-0.39, 0.29) is 12.4 Å². The summed E-state index contributed by atoms with van der Waals surface area (Å²) in [5, 5.41) is 20.9. The van der Waals surface area contributed by atoms with Gasteiger partial charge in [-0.3, -0.25) is 4.90 Å².